The summed E-state index contributed by atoms with van der Waals surface area (Å²) < 4.78 is 5.05. The largest absolute Gasteiger partial charge is 0.378 e. The molecule has 1 saturated heterocycles. The van der Waals surface area contributed by atoms with Crippen LogP contribution in [0, 0.1) is 16.7 Å². The second kappa shape index (κ2) is 3.37. The van der Waals surface area contributed by atoms with Gasteiger partial charge < -0.3 is 10.5 Å². The molecule has 2 heterocycles. The predicted molar refractivity (Wildman–Crippen MR) is 50.0 cm³/mol. The average molecular weight is 189 g/mol. The van der Waals surface area contributed by atoms with Crippen LogP contribution in [0.3, 0.4) is 0 Å². The first-order valence-electron chi connectivity index (χ1n) is 4.43. The van der Waals surface area contributed by atoms with Gasteiger partial charge in [-0.1, -0.05) is 6.07 Å². The molecule has 2 rings (SSSR count). The van der Waals surface area contributed by atoms with Crippen molar-refractivity contribution < 1.29 is 4.74 Å². The van der Waals surface area contributed by atoms with Crippen molar-refractivity contribution in [3.8, 4) is 6.07 Å². The van der Waals surface area contributed by atoms with Gasteiger partial charge in [0, 0.05) is 12.4 Å². The third-order valence-electron chi connectivity index (χ3n) is 2.58. The number of aromatic nitrogens is 1. The molecule has 0 aromatic carbocycles. The molecule has 0 bridgehead atoms. The summed E-state index contributed by atoms with van der Waals surface area (Å²) in [5.41, 5.74) is 6.34. The molecule has 0 aliphatic carbocycles. The van der Waals surface area contributed by atoms with Gasteiger partial charge in [-0.2, -0.15) is 5.26 Å². The Labute approximate surface area is 82.3 Å². The maximum atomic E-state index is 9.04. The third kappa shape index (κ3) is 1.27. The zero-order chi connectivity index (χ0) is 10.0. The smallest absolute Gasteiger partial charge is 0.123 e. The monoisotopic (exact) mass is 189 g/mol. The molecule has 72 valence electrons. The summed E-state index contributed by atoms with van der Waals surface area (Å²) in [4.78, 5) is 3.98. The van der Waals surface area contributed by atoms with E-state index in [1.807, 2.05) is 12.1 Å². The van der Waals surface area contributed by atoms with Crippen LogP contribution in [0.4, 0.5) is 0 Å². The average Bonchev–Trinajstić information content (AvgIpc) is 2.18. The first kappa shape index (κ1) is 9.13. The van der Waals surface area contributed by atoms with Crippen LogP contribution in [0.25, 0.3) is 0 Å². The van der Waals surface area contributed by atoms with Gasteiger partial charge in [-0.15, -0.1) is 0 Å². The summed E-state index contributed by atoms with van der Waals surface area (Å²) in [5.74, 6) is 0. The number of ether oxygens (including phenoxy) is 1. The molecule has 14 heavy (non-hydrogen) atoms. The van der Waals surface area contributed by atoms with E-state index in [0.717, 1.165) is 5.56 Å². The van der Waals surface area contributed by atoms with E-state index in [2.05, 4.69) is 11.1 Å². The Bertz CT molecular complexity index is 353. The summed E-state index contributed by atoms with van der Waals surface area (Å²) in [6.45, 7) is 0.832. The Morgan fingerprint density at radius 2 is 2.43 bits per heavy atom. The number of pyridine rings is 1. The van der Waals surface area contributed by atoms with Gasteiger partial charge in [0.1, 0.15) is 5.41 Å². The minimum Gasteiger partial charge on any atom is -0.378 e. The van der Waals surface area contributed by atoms with Crippen LogP contribution in [-0.2, 0) is 4.74 Å². The molecule has 0 radical (unpaired) electrons. The Morgan fingerprint density at radius 3 is 2.86 bits per heavy atom. The lowest BCUT2D eigenvalue weighted by Gasteiger charge is -2.39. The van der Waals surface area contributed by atoms with Crippen molar-refractivity contribution >= 4 is 0 Å². The highest BCUT2D eigenvalue weighted by molar-refractivity contribution is 5.23. The topological polar surface area (TPSA) is 71.9 Å². The van der Waals surface area contributed by atoms with E-state index >= 15 is 0 Å². The first-order valence-corrected chi connectivity index (χ1v) is 4.43. The maximum Gasteiger partial charge on any atom is 0.123 e. The van der Waals surface area contributed by atoms with Crippen LogP contribution in [0.2, 0.25) is 0 Å². The van der Waals surface area contributed by atoms with E-state index in [-0.39, 0.29) is 6.04 Å². The zero-order valence-electron chi connectivity index (χ0n) is 7.68. The molecule has 1 atom stereocenters. The van der Waals surface area contributed by atoms with Crippen molar-refractivity contribution in [3.63, 3.8) is 0 Å². The Balaban J connectivity index is 2.24. The number of nitrogens with two attached hydrogens (primary N) is 1. The van der Waals surface area contributed by atoms with Crippen molar-refractivity contribution in [2.24, 2.45) is 11.1 Å². The fourth-order valence-corrected chi connectivity index (χ4v) is 1.51. The highest BCUT2D eigenvalue weighted by Crippen LogP contribution is 2.37. The number of rotatable bonds is 2. The highest BCUT2D eigenvalue weighted by Gasteiger charge is 2.45. The van der Waals surface area contributed by atoms with E-state index in [1.165, 1.54) is 0 Å². The van der Waals surface area contributed by atoms with E-state index in [1.54, 1.807) is 12.4 Å². The molecule has 1 aliphatic heterocycles. The van der Waals surface area contributed by atoms with Gasteiger partial charge in [0.05, 0.1) is 25.3 Å². The minimum absolute atomic E-state index is 0.310. The standard InChI is InChI=1S/C10H11N3O/c11-5-10(6-14-7-10)9(12)8-2-1-3-13-4-8/h1-4,9H,6-7,12H2. The van der Waals surface area contributed by atoms with Crippen LogP contribution in [0.5, 0.6) is 0 Å². The summed E-state index contributed by atoms with van der Waals surface area (Å²) in [5, 5.41) is 9.04. The lowest BCUT2D eigenvalue weighted by molar-refractivity contribution is -0.0911. The van der Waals surface area contributed by atoms with Gasteiger partial charge in [0.2, 0.25) is 0 Å². The number of nitrogens with zero attached hydrogens (tertiary/aromatic N) is 2. The van der Waals surface area contributed by atoms with Crippen molar-refractivity contribution in [2.45, 2.75) is 6.04 Å². The molecule has 1 aromatic heterocycles. The lowest BCUT2D eigenvalue weighted by Crippen LogP contribution is -2.49. The second-order valence-electron chi connectivity index (χ2n) is 3.52. The highest BCUT2D eigenvalue weighted by atomic mass is 16.5. The summed E-state index contributed by atoms with van der Waals surface area (Å²) >= 11 is 0. The lowest BCUT2D eigenvalue weighted by atomic mass is 9.77. The van der Waals surface area contributed by atoms with Crippen molar-refractivity contribution in [3.05, 3.63) is 30.1 Å². The van der Waals surface area contributed by atoms with Gasteiger partial charge in [-0.25, -0.2) is 0 Å². The van der Waals surface area contributed by atoms with Gasteiger partial charge >= 0.3 is 0 Å². The van der Waals surface area contributed by atoms with Gasteiger partial charge in [-0.05, 0) is 11.6 Å². The normalized spacial score (nSPS) is 20.6. The van der Waals surface area contributed by atoms with Crippen LogP contribution in [0.15, 0.2) is 24.5 Å². The second-order valence-corrected chi connectivity index (χ2v) is 3.52. The van der Waals surface area contributed by atoms with Gasteiger partial charge in [-0.3, -0.25) is 4.98 Å². The van der Waals surface area contributed by atoms with Crippen molar-refractivity contribution in [2.75, 3.05) is 13.2 Å². The van der Waals surface area contributed by atoms with Crippen LogP contribution in [-0.4, -0.2) is 18.2 Å². The molecule has 1 unspecified atom stereocenters. The molecule has 0 amide bonds. The quantitative estimate of drug-likeness (QED) is 0.740. The maximum absolute atomic E-state index is 9.04. The van der Waals surface area contributed by atoms with Gasteiger partial charge in [0.25, 0.3) is 0 Å². The van der Waals surface area contributed by atoms with E-state index in [9.17, 15) is 0 Å². The molecular formula is C10H11N3O. The number of hydrogen-bond donors (Lipinski definition) is 1. The molecule has 4 nitrogen and oxygen atoms in total. The van der Waals surface area contributed by atoms with Crippen molar-refractivity contribution in [1.82, 2.24) is 4.98 Å². The molecule has 0 spiro atoms. The van der Waals surface area contributed by atoms with E-state index < -0.39 is 5.41 Å². The zero-order valence-corrected chi connectivity index (χ0v) is 7.68. The Morgan fingerprint density at radius 1 is 1.64 bits per heavy atom. The number of hydrogen-bond acceptors (Lipinski definition) is 4. The summed E-state index contributed by atoms with van der Waals surface area (Å²) in [6.07, 6.45) is 3.38. The third-order valence-corrected chi connectivity index (χ3v) is 2.58. The predicted octanol–water partition coefficient (Wildman–Crippen LogP) is 0.622. The Kier molecular flexibility index (Phi) is 2.20. The van der Waals surface area contributed by atoms with E-state index in [4.69, 9.17) is 15.7 Å². The molecular weight excluding hydrogens is 178 g/mol. The van der Waals surface area contributed by atoms with Gasteiger partial charge in [0.15, 0.2) is 0 Å². The summed E-state index contributed by atoms with van der Waals surface area (Å²) in [6, 6.07) is 5.63. The summed E-state index contributed by atoms with van der Waals surface area (Å²) in [7, 11) is 0. The number of nitriles is 1. The SMILES string of the molecule is N#CC1(C(N)c2cccnc2)COC1. The molecule has 4 heteroatoms. The molecule has 1 fully saturated rings. The molecule has 2 N–H and O–H groups in total. The molecule has 1 aromatic rings. The molecule has 0 saturated carbocycles. The Hall–Kier alpha value is -1.44. The van der Waals surface area contributed by atoms with Crippen LogP contribution in [0.1, 0.15) is 11.6 Å². The van der Waals surface area contributed by atoms with Crippen LogP contribution >= 0.6 is 0 Å². The minimum atomic E-state index is -0.553. The first-order chi connectivity index (χ1) is 6.78. The fraction of sp³-hybridized carbons (Fsp3) is 0.400. The fourth-order valence-electron chi connectivity index (χ4n) is 1.51. The van der Waals surface area contributed by atoms with Crippen molar-refractivity contribution in [1.29, 1.82) is 5.26 Å². The molecule has 1 aliphatic rings. The van der Waals surface area contributed by atoms with Crippen LogP contribution < -0.4 is 5.73 Å². The van der Waals surface area contributed by atoms with E-state index in [0.29, 0.717) is 13.2 Å².